The second-order valence-electron chi connectivity index (χ2n) is 5.49. The van der Waals surface area contributed by atoms with E-state index in [-0.39, 0.29) is 0 Å². The Kier molecular flexibility index (Phi) is 4.46. The second kappa shape index (κ2) is 6.10. The minimum absolute atomic E-state index is 0.459. The quantitative estimate of drug-likeness (QED) is 0.868. The molecule has 2 heteroatoms. The first-order valence-corrected chi connectivity index (χ1v) is 7.06. The van der Waals surface area contributed by atoms with Crippen LogP contribution in [0.5, 0.6) is 0 Å². The van der Waals surface area contributed by atoms with Crippen molar-refractivity contribution in [2.45, 2.75) is 40.3 Å². The van der Waals surface area contributed by atoms with Crippen LogP contribution in [-0.4, -0.2) is 5.11 Å². The van der Waals surface area contributed by atoms with Gasteiger partial charge in [0.15, 0.2) is 0 Å². The zero-order chi connectivity index (χ0) is 14.7. The third kappa shape index (κ3) is 3.20. The molecule has 20 heavy (non-hydrogen) atoms. The van der Waals surface area contributed by atoms with Crippen molar-refractivity contribution in [1.82, 2.24) is 0 Å². The smallest absolute Gasteiger partial charge is 0.0781 e. The van der Waals surface area contributed by atoms with E-state index in [0.717, 1.165) is 17.8 Å². The molecule has 106 valence electrons. The number of hydrogen-bond donors (Lipinski definition) is 2. The van der Waals surface area contributed by atoms with Gasteiger partial charge in [0.1, 0.15) is 0 Å². The summed E-state index contributed by atoms with van der Waals surface area (Å²) in [4.78, 5) is 0. The number of hydrogen-bond acceptors (Lipinski definition) is 2. The zero-order valence-corrected chi connectivity index (χ0v) is 12.7. The minimum Gasteiger partial charge on any atom is -0.389 e. The molecular formula is C18H23NO. The number of aliphatic hydroxyl groups is 1. The predicted octanol–water partition coefficient (Wildman–Crippen LogP) is 4.28. The minimum atomic E-state index is -0.459. The Morgan fingerprint density at radius 3 is 2.25 bits per heavy atom. The molecule has 0 saturated heterocycles. The van der Waals surface area contributed by atoms with Crippen LogP contribution in [0.2, 0.25) is 0 Å². The highest BCUT2D eigenvalue weighted by Crippen LogP contribution is 2.24. The van der Waals surface area contributed by atoms with E-state index in [9.17, 15) is 5.11 Å². The van der Waals surface area contributed by atoms with Gasteiger partial charge in [-0.05, 0) is 50.5 Å². The van der Waals surface area contributed by atoms with Gasteiger partial charge in [0.05, 0.1) is 6.10 Å². The summed E-state index contributed by atoms with van der Waals surface area (Å²) < 4.78 is 0. The Bertz CT molecular complexity index is 579. The third-order valence-electron chi connectivity index (χ3n) is 3.71. The van der Waals surface area contributed by atoms with Gasteiger partial charge in [-0.1, -0.05) is 35.9 Å². The molecule has 2 aromatic rings. The Morgan fingerprint density at radius 2 is 1.65 bits per heavy atom. The van der Waals surface area contributed by atoms with Crippen molar-refractivity contribution >= 4 is 5.69 Å². The Morgan fingerprint density at radius 1 is 1.05 bits per heavy atom. The molecule has 0 radical (unpaired) electrons. The van der Waals surface area contributed by atoms with Gasteiger partial charge >= 0.3 is 0 Å². The van der Waals surface area contributed by atoms with Gasteiger partial charge in [0.2, 0.25) is 0 Å². The Hall–Kier alpha value is -1.80. The van der Waals surface area contributed by atoms with Crippen LogP contribution in [0.4, 0.5) is 5.69 Å². The van der Waals surface area contributed by atoms with Crippen LogP contribution >= 0.6 is 0 Å². The largest absolute Gasteiger partial charge is 0.389 e. The van der Waals surface area contributed by atoms with Crippen molar-refractivity contribution in [3.05, 3.63) is 64.2 Å². The number of rotatable bonds is 4. The van der Waals surface area contributed by atoms with Crippen LogP contribution in [0.25, 0.3) is 0 Å². The van der Waals surface area contributed by atoms with Crippen LogP contribution in [0.1, 0.15) is 40.8 Å². The molecule has 0 aliphatic carbocycles. The Labute approximate surface area is 121 Å². The first-order valence-electron chi connectivity index (χ1n) is 7.06. The van der Waals surface area contributed by atoms with E-state index >= 15 is 0 Å². The highest BCUT2D eigenvalue weighted by atomic mass is 16.3. The van der Waals surface area contributed by atoms with Crippen molar-refractivity contribution in [2.24, 2.45) is 0 Å². The van der Waals surface area contributed by atoms with Crippen molar-refractivity contribution in [1.29, 1.82) is 0 Å². The molecule has 0 heterocycles. The van der Waals surface area contributed by atoms with Crippen LogP contribution in [0, 0.1) is 20.8 Å². The van der Waals surface area contributed by atoms with Crippen molar-refractivity contribution in [3.63, 3.8) is 0 Å². The lowest BCUT2D eigenvalue weighted by atomic mass is 9.99. The van der Waals surface area contributed by atoms with Gasteiger partial charge in [0.25, 0.3) is 0 Å². The fourth-order valence-corrected chi connectivity index (χ4v) is 2.69. The normalized spacial score (nSPS) is 12.2. The van der Waals surface area contributed by atoms with Gasteiger partial charge < -0.3 is 10.4 Å². The van der Waals surface area contributed by atoms with Crippen LogP contribution in [-0.2, 0) is 6.54 Å². The number of para-hydroxylation sites is 1. The lowest BCUT2D eigenvalue weighted by molar-refractivity contribution is 0.200. The average molecular weight is 269 g/mol. The molecule has 0 aromatic heterocycles. The maximum atomic E-state index is 9.81. The maximum Gasteiger partial charge on any atom is 0.0781 e. The molecule has 0 bridgehead atoms. The number of aliphatic hydroxyl groups excluding tert-OH is 1. The highest BCUT2D eigenvalue weighted by molar-refractivity contribution is 5.53. The number of nitrogens with one attached hydrogen (secondary N) is 1. The van der Waals surface area contributed by atoms with Crippen LogP contribution in [0.3, 0.4) is 0 Å². The number of anilines is 1. The van der Waals surface area contributed by atoms with E-state index in [1.54, 1.807) is 6.92 Å². The zero-order valence-electron chi connectivity index (χ0n) is 12.7. The molecule has 0 aliphatic heterocycles. The molecule has 0 saturated carbocycles. The highest BCUT2D eigenvalue weighted by Gasteiger charge is 2.08. The number of aryl methyl sites for hydroxylation is 3. The summed E-state index contributed by atoms with van der Waals surface area (Å²) in [7, 11) is 0. The summed E-state index contributed by atoms with van der Waals surface area (Å²) in [5.41, 5.74) is 7.19. The van der Waals surface area contributed by atoms with E-state index in [0.29, 0.717) is 0 Å². The van der Waals surface area contributed by atoms with E-state index in [1.807, 2.05) is 24.3 Å². The third-order valence-corrected chi connectivity index (χ3v) is 3.71. The summed E-state index contributed by atoms with van der Waals surface area (Å²) in [5, 5.41) is 13.3. The van der Waals surface area contributed by atoms with E-state index in [1.165, 1.54) is 22.3 Å². The fourth-order valence-electron chi connectivity index (χ4n) is 2.69. The van der Waals surface area contributed by atoms with Gasteiger partial charge in [-0.3, -0.25) is 0 Å². The summed E-state index contributed by atoms with van der Waals surface area (Å²) in [5.74, 6) is 0. The Balaban J connectivity index is 2.22. The van der Waals surface area contributed by atoms with E-state index in [4.69, 9.17) is 0 Å². The summed E-state index contributed by atoms with van der Waals surface area (Å²) >= 11 is 0. The molecule has 2 N–H and O–H groups in total. The molecule has 0 spiro atoms. The SMILES string of the molecule is Cc1cc(C)c(CNc2ccccc2C(C)O)c(C)c1. The first-order chi connectivity index (χ1) is 9.49. The van der Waals surface area contributed by atoms with Gasteiger partial charge in [-0.25, -0.2) is 0 Å². The summed E-state index contributed by atoms with van der Waals surface area (Å²) in [6.45, 7) is 9.00. The van der Waals surface area contributed by atoms with Crippen molar-refractivity contribution in [3.8, 4) is 0 Å². The lowest BCUT2D eigenvalue weighted by Crippen LogP contribution is -2.07. The van der Waals surface area contributed by atoms with Gasteiger partial charge in [-0.15, -0.1) is 0 Å². The summed E-state index contributed by atoms with van der Waals surface area (Å²) in [6.07, 6.45) is -0.459. The van der Waals surface area contributed by atoms with Crippen molar-refractivity contribution < 1.29 is 5.11 Å². The second-order valence-corrected chi connectivity index (χ2v) is 5.49. The molecule has 1 atom stereocenters. The molecule has 2 nitrogen and oxygen atoms in total. The molecule has 0 fully saturated rings. The molecule has 0 amide bonds. The van der Waals surface area contributed by atoms with Crippen LogP contribution < -0.4 is 5.32 Å². The van der Waals surface area contributed by atoms with Crippen LogP contribution in [0.15, 0.2) is 36.4 Å². The average Bonchev–Trinajstić information content (AvgIpc) is 2.37. The van der Waals surface area contributed by atoms with E-state index in [2.05, 4.69) is 38.2 Å². The number of benzene rings is 2. The fraction of sp³-hybridized carbons (Fsp3) is 0.333. The predicted molar refractivity (Wildman–Crippen MR) is 85.1 cm³/mol. The standard InChI is InChI=1S/C18H23NO/c1-12-9-13(2)17(14(3)10-12)11-19-18-8-6-5-7-16(18)15(4)20/h5-10,15,19-20H,11H2,1-4H3. The molecule has 1 unspecified atom stereocenters. The molecule has 2 aromatic carbocycles. The maximum absolute atomic E-state index is 9.81. The monoisotopic (exact) mass is 269 g/mol. The molecule has 0 aliphatic rings. The molecule has 2 rings (SSSR count). The van der Waals surface area contributed by atoms with Gasteiger partial charge in [0, 0.05) is 17.8 Å². The first kappa shape index (κ1) is 14.6. The van der Waals surface area contributed by atoms with E-state index < -0.39 is 6.10 Å². The lowest BCUT2D eigenvalue weighted by Gasteiger charge is -2.16. The van der Waals surface area contributed by atoms with Gasteiger partial charge in [-0.2, -0.15) is 0 Å². The summed E-state index contributed by atoms with van der Waals surface area (Å²) in [6, 6.07) is 12.3. The topological polar surface area (TPSA) is 32.3 Å². The van der Waals surface area contributed by atoms with Crippen molar-refractivity contribution in [2.75, 3.05) is 5.32 Å². The molecular weight excluding hydrogens is 246 g/mol.